The van der Waals surface area contributed by atoms with Gasteiger partial charge in [-0.2, -0.15) is 0 Å². The van der Waals surface area contributed by atoms with E-state index in [1.165, 1.54) is 5.56 Å². The Hall–Kier alpha value is -2.56. The maximum atomic E-state index is 13.1. The number of benzene rings is 1. The summed E-state index contributed by atoms with van der Waals surface area (Å²) in [4.78, 5) is 25.9. The summed E-state index contributed by atoms with van der Waals surface area (Å²) in [5.74, 6) is -0.897. The second-order valence-electron chi connectivity index (χ2n) is 7.13. The van der Waals surface area contributed by atoms with E-state index < -0.39 is 5.97 Å². The van der Waals surface area contributed by atoms with Crippen molar-refractivity contribution in [2.24, 2.45) is 0 Å². The zero-order valence-corrected chi connectivity index (χ0v) is 15.6. The molecular formula is C21H26N2O3. The second-order valence-corrected chi connectivity index (χ2v) is 7.13. The number of aryl methyl sites for hydroxylation is 1. The van der Waals surface area contributed by atoms with Crippen LogP contribution in [0.1, 0.15) is 59.5 Å². The van der Waals surface area contributed by atoms with Crippen molar-refractivity contribution < 1.29 is 14.7 Å². The zero-order chi connectivity index (χ0) is 18.8. The molecule has 1 fully saturated rings. The van der Waals surface area contributed by atoms with Crippen LogP contribution < -0.4 is 0 Å². The maximum absolute atomic E-state index is 13.1. The van der Waals surface area contributed by atoms with E-state index in [-0.39, 0.29) is 24.4 Å². The third kappa shape index (κ3) is 3.39. The number of aliphatic carboxylic acids is 1. The maximum Gasteiger partial charge on any atom is 0.305 e. The van der Waals surface area contributed by atoms with Gasteiger partial charge in [-0.25, -0.2) is 0 Å². The lowest BCUT2D eigenvalue weighted by Gasteiger charge is -2.24. The van der Waals surface area contributed by atoms with Gasteiger partial charge in [0.2, 0.25) is 0 Å². The van der Waals surface area contributed by atoms with Crippen LogP contribution in [0, 0.1) is 13.8 Å². The summed E-state index contributed by atoms with van der Waals surface area (Å²) in [6.07, 6.45) is 1.64. The van der Waals surface area contributed by atoms with Gasteiger partial charge in [-0.1, -0.05) is 30.3 Å². The Morgan fingerprint density at radius 2 is 1.92 bits per heavy atom. The highest BCUT2D eigenvalue weighted by atomic mass is 16.4. The molecule has 2 heterocycles. The fourth-order valence-corrected chi connectivity index (χ4v) is 4.14. The van der Waals surface area contributed by atoms with Crippen LogP contribution in [0.25, 0.3) is 0 Å². The molecule has 138 valence electrons. The Kier molecular flexibility index (Phi) is 5.16. The largest absolute Gasteiger partial charge is 0.481 e. The Morgan fingerprint density at radius 3 is 2.58 bits per heavy atom. The Labute approximate surface area is 154 Å². The average Bonchev–Trinajstić information content (AvgIpc) is 3.18. The van der Waals surface area contributed by atoms with Crippen molar-refractivity contribution in [2.45, 2.75) is 52.1 Å². The molecule has 1 aromatic heterocycles. The van der Waals surface area contributed by atoms with Gasteiger partial charge in [0.25, 0.3) is 5.91 Å². The lowest BCUT2D eigenvalue weighted by Crippen LogP contribution is -2.37. The first-order valence-electron chi connectivity index (χ1n) is 9.16. The van der Waals surface area contributed by atoms with Gasteiger partial charge in [-0.15, -0.1) is 0 Å². The highest BCUT2D eigenvalue weighted by molar-refractivity contribution is 5.96. The van der Waals surface area contributed by atoms with E-state index in [2.05, 4.69) is 23.6 Å². The standard InChI is InChI=1S/C21H26N2O3/c1-14-12-19(21(26)22-11-7-10-18(22)13-20(24)25)16(3)23(14)15(2)17-8-5-4-6-9-17/h4-6,8-9,12,15,18H,7,10-11,13H2,1-3H3,(H,24,25). The number of aromatic nitrogens is 1. The monoisotopic (exact) mass is 354 g/mol. The van der Waals surface area contributed by atoms with Crippen LogP contribution in [0.2, 0.25) is 0 Å². The van der Waals surface area contributed by atoms with Gasteiger partial charge in [-0.05, 0) is 45.2 Å². The fraction of sp³-hybridized carbons (Fsp3) is 0.429. The van der Waals surface area contributed by atoms with E-state index in [1.54, 1.807) is 4.90 Å². The van der Waals surface area contributed by atoms with Crippen LogP contribution in [0.5, 0.6) is 0 Å². The third-order valence-corrected chi connectivity index (χ3v) is 5.43. The van der Waals surface area contributed by atoms with Crippen LogP contribution in [0.4, 0.5) is 0 Å². The molecule has 5 heteroatoms. The molecule has 0 bridgehead atoms. The van der Waals surface area contributed by atoms with E-state index in [1.807, 2.05) is 38.1 Å². The molecule has 2 unspecified atom stereocenters. The van der Waals surface area contributed by atoms with E-state index in [0.717, 1.165) is 24.2 Å². The predicted molar refractivity (Wildman–Crippen MR) is 100 cm³/mol. The van der Waals surface area contributed by atoms with Crippen molar-refractivity contribution in [2.75, 3.05) is 6.54 Å². The highest BCUT2D eigenvalue weighted by Crippen LogP contribution is 2.29. The molecule has 5 nitrogen and oxygen atoms in total. The molecule has 26 heavy (non-hydrogen) atoms. The molecule has 2 aromatic rings. The first-order chi connectivity index (χ1) is 12.4. The number of amides is 1. The van der Waals surface area contributed by atoms with Crippen LogP contribution >= 0.6 is 0 Å². The molecule has 2 atom stereocenters. The molecule has 0 aliphatic carbocycles. The smallest absolute Gasteiger partial charge is 0.305 e. The predicted octanol–water partition coefficient (Wildman–Crippen LogP) is 3.79. The number of nitrogens with zero attached hydrogens (tertiary/aromatic N) is 2. The molecule has 3 rings (SSSR count). The normalized spacial score (nSPS) is 18.1. The number of carbonyl (C=O) groups excluding carboxylic acids is 1. The number of carboxylic acids is 1. The van der Waals surface area contributed by atoms with Crippen molar-refractivity contribution in [1.29, 1.82) is 0 Å². The topological polar surface area (TPSA) is 62.5 Å². The van der Waals surface area contributed by atoms with Crippen molar-refractivity contribution in [3.63, 3.8) is 0 Å². The van der Waals surface area contributed by atoms with E-state index in [4.69, 9.17) is 5.11 Å². The molecular weight excluding hydrogens is 328 g/mol. The summed E-state index contributed by atoms with van der Waals surface area (Å²) in [7, 11) is 0. The van der Waals surface area contributed by atoms with Crippen molar-refractivity contribution in [1.82, 2.24) is 9.47 Å². The summed E-state index contributed by atoms with van der Waals surface area (Å²) in [6.45, 7) is 6.76. The fourth-order valence-electron chi connectivity index (χ4n) is 4.14. The van der Waals surface area contributed by atoms with Gasteiger partial charge in [-0.3, -0.25) is 9.59 Å². The molecule has 0 saturated carbocycles. The molecule has 1 aromatic carbocycles. The Bertz CT molecular complexity index is 810. The van der Waals surface area contributed by atoms with Gasteiger partial charge in [0.1, 0.15) is 0 Å². The minimum absolute atomic E-state index is 0.0187. The first kappa shape index (κ1) is 18.2. The Balaban J connectivity index is 1.90. The summed E-state index contributed by atoms with van der Waals surface area (Å²) in [5.41, 5.74) is 3.85. The van der Waals surface area contributed by atoms with Crippen molar-refractivity contribution in [3.05, 3.63) is 58.9 Å². The third-order valence-electron chi connectivity index (χ3n) is 5.43. The molecule has 0 spiro atoms. The summed E-state index contributed by atoms with van der Waals surface area (Å²) >= 11 is 0. The lowest BCUT2D eigenvalue weighted by molar-refractivity contribution is -0.137. The number of carboxylic acid groups (broad SMARTS) is 1. The quantitative estimate of drug-likeness (QED) is 0.888. The number of hydrogen-bond donors (Lipinski definition) is 1. The highest BCUT2D eigenvalue weighted by Gasteiger charge is 2.32. The second kappa shape index (κ2) is 7.36. The lowest BCUT2D eigenvalue weighted by atomic mass is 10.1. The van der Waals surface area contributed by atoms with Crippen molar-refractivity contribution in [3.8, 4) is 0 Å². The van der Waals surface area contributed by atoms with E-state index in [0.29, 0.717) is 12.1 Å². The zero-order valence-electron chi connectivity index (χ0n) is 15.6. The van der Waals surface area contributed by atoms with E-state index >= 15 is 0 Å². The minimum Gasteiger partial charge on any atom is -0.481 e. The van der Waals surface area contributed by atoms with Crippen LogP contribution in [-0.4, -0.2) is 39.0 Å². The van der Waals surface area contributed by atoms with Gasteiger partial charge in [0.05, 0.1) is 18.0 Å². The van der Waals surface area contributed by atoms with Gasteiger partial charge in [0.15, 0.2) is 0 Å². The number of rotatable bonds is 5. The van der Waals surface area contributed by atoms with Crippen LogP contribution in [-0.2, 0) is 4.79 Å². The van der Waals surface area contributed by atoms with Crippen LogP contribution in [0.3, 0.4) is 0 Å². The molecule has 1 aliphatic rings. The summed E-state index contributed by atoms with van der Waals surface area (Å²) < 4.78 is 2.19. The SMILES string of the molecule is Cc1cc(C(=O)N2CCCC2CC(=O)O)c(C)n1C(C)c1ccccc1. The number of likely N-dealkylation sites (tertiary alicyclic amines) is 1. The van der Waals surface area contributed by atoms with Gasteiger partial charge < -0.3 is 14.6 Å². The molecule has 1 amide bonds. The molecule has 1 aliphatic heterocycles. The summed E-state index contributed by atoms with van der Waals surface area (Å²) in [6, 6.07) is 12.1. The number of carbonyl (C=O) groups is 2. The molecule has 1 saturated heterocycles. The summed E-state index contributed by atoms with van der Waals surface area (Å²) in [5, 5.41) is 9.10. The first-order valence-corrected chi connectivity index (χ1v) is 9.16. The number of hydrogen-bond acceptors (Lipinski definition) is 2. The van der Waals surface area contributed by atoms with Gasteiger partial charge in [0, 0.05) is 24.0 Å². The van der Waals surface area contributed by atoms with Crippen LogP contribution in [0.15, 0.2) is 36.4 Å². The Morgan fingerprint density at radius 1 is 1.23 bits per heavy atom. The minimum atomic E-state index is -0.849. The molecule has 0 radical (unpaired) electrons. The molecule has 1 N–H and O–H groups in total. The van der Waals surface area contributed by atoms with Crippen molar-refractivity contribution >= 4 is 11.9 Å². The average molecular weight is 354 g/mol. The van der Waals surface area contributed by atoms with E-state index in [9.17, 15) is 9.59 Å². The van der Waals surface area contributed by atoms with Gasteiger partial charge >= 0.3 is 5.97 Å².